The number of aliphatic hydroxyl groups is 1. The van der Waals surface area contributed by atoms with Gasteiger partial charge in [0.1, 0.15) is 5.60 Å². The summed E-state index contributed by atoms with van der Waals surface area (Å²) in [6.07, 6.45) is 3.16. The average Bonchev–Trinajstić information content (AvgIpc) is 2.66. The largest absolute Gasteiger partial charge is 0.444 e. The summed E-state index contributed by atoms with van der Waals surface area (Å²) in [5, 5.41) is 11.8. The number of imidazole rings is 1. The normalized spacial score (nSPS) is 13.2. The van der Waals surface area contributed by atoms with Gasteiger partial charge in [0, 0.05) is 18.3 Å². The van der Waals surface area contributed by atoms with Gasteiger partial charge in [-0.25, -0.2) is 9.78 Å². The molecule has 0 fully saturated rings. The molecule has 0 aliphatic carbocycles. The molecule has 0 aliphatic rings. The molecule has 6 heteroatoms. The van der Waals surface area contributed by atoms with Crippen LogP contribution >= 0.6 is 0 Å². The zero-order valence-corrected chi connectivity index (χ0v) is 10.4. The number of carbonyl (C=O) groups excluding carboxylic acids is 1. The lowest BCUT2D eigenvalue weighted by Gasteiger charge is -2.22. The van der Waals surface area contributed by atoms with Crippen molar-refractivity contribution in [2.24, 2.45) is 0 Å². The van der Waals surface area contributed by atoms with Crippen molar-refractivity contribution in [2.45, 2.75) is 38.8 Å². The first kappa shape index (κ1) is 13.5. The second-order valence-electron chi connectivity index (χ2n) is 4.81. The van der Waals surface area contributed by atoms with Crippen LogP contribution in [-0.2, 0) is 11.2 Å². The van der Waals surface area contributed by atoms with Crippen LogP contribution in [0.1, 0.15) is 26.5 Å². The van der Waals surface area contributed by atoms with Crippen LogP contribution in [0.4, 0.5) is 4.79 Å². The molecule has 0 saturated heterocycles. The Bertz CT molecular complexity index is 343. The van der Waals surface area contributed by atoms with E-state index < -0.39 is 11.7 Å². The average molecular weight is 241 g/mol. The lowest BCUT2D eigenvalue weighted by Crippen LogP contribution is -2.42. The molecule has 96 valence electrons. The minimum absolute atomic E-state index is 0.155. The van der Waals surface area contributed by atoms with E-state index in [0.717, 1.165) is 5.69 Å². The molecule has 1 aromatic rings. The molecule has 17 heavy (non-hydrogen) atoms. The van der Waals surface area contributed by atoms with E-state index in [1.165, 1.54) is 0 Å². The number of nitrogens with zero attached hydrogens (tertiary/aromatic N) is 1. The zero-order valence-electron chi connectivity index (χ0n) is 10.4. The van der Waals surface area contributed by atoms with E-state index in [9.17, 15) is 4.79 Å². The Balaban J connectivity index is 2.44. The third kappa shape index (κ3) is 5.35. The van der Waals surface area contributed by atoms with Gasteiger partial charge in [0.2, 0.25) is 0 Å². The lowest BCUT2D eigenvalue weighted by atomic mass is 10.2. The summed E-state index contributed by atoms with van der Waals surface area (Å²) in [4.78, 5) is 18.3. The van der Waals surface area contributed by atoms with Gasteiger partial charge in [-0.05, 0) is 20.8 Å². The molecule has 1 aromatic heterocycles. The summed E-state index contributed by atoms with van der Waals surface area (Å²) in [6, 6.07) is -0.384. The van der Waals surface area contributed by atoms with Gasteiger partial charge in [0.15, 0.2) is 0 Å². The van der Waals surface area contributed by atoms with Gasteiger partial charge in [0.25, 0.3) is 0 Å². The SMILES string of the molecule is CC(C)(C)OC(=O)N[C@H](CO)Cc1cnc[nH]1. The standard InChI is InChI=1S/C11H19N3O3/c1-11(2,3)17-10(16)14-9(6-15)4-8-5-12-7-13-8/h5,7,9,15H,4,6H2,1-3H3,(H,12,13)(H,14,16)/t9-/m0/s1. The highest BCUT2D eigenvalue weighted by Gasteiger charge is 2.19. The minimum Gasteiger partial charge on any atom is -0.444 e. The van der Waals surface area contributed by atoms with Crippen LogP contribution in [0.2, 0.25) is 0 Å². The number of nitrogens with one attached hydrogen (secondary N) is 2. The fourth-order valence-electron chi connectivity index (χ4n) is 1.30. The molecule has 6 nitrogen and oxygen atoms in total. The Hall–Kier alpha value is -1.56. The molecule has 0 aromatic carbocycles. The number of aliphatic hydroxyl groups excluding tert-OH is 1. The molecule has 1 rings (SSSR count). The summed E-state index contributed by atoms with van der Waals surface area (Å²) >= 11 is 0. The van der Waals surface area contributed by atoms with Gasteiger partial charge in [0.05, 0.1) is 19.0 Å². The topological polar surface area (TPSA) is 87.2 Å². The van der Waals surface area contributed by atoms with Gasteiger partial charge in [-0.15, -0.1) is 0 Å². The summed E-state index contributed by atoms with van der Waals surface area (Å²) in [7, 11) is 0. The van der Waals surface area contributed by atoms with Crippen molar-refractivity contribution in [2.75, 3.05) is 6.61 Å². The highest BCUT2D eigenvalue weighted by atomic mass is 16.6. The maximum absolute atomic E-state index is 11.5. The number of carbonyl (C=O) groups is 1. The third-order valence-corrected chi connectivity index (χ3v) is 1.96. The molecule has 0 radical (unpaired) electrons. The zero-order chi connectivity index (χ0) is 12.9. The molecule has 3 N–H and O–H groups in total. The first-order valence-corrected chi connectivity index (χ1v) is 5.48. The van der Waals surface area contributed by atoms with E-state index in [4.69, 9.17) is 9.84 Å². The Labute approximate surface area is 100 Å². The number of ether oxygens (including phenoxy) is 1. The van der Waals surface area contributed by atoms with Crippen molar-refractivity contribution >= 4 is 6.09 Å². The minimum atomic E-state index is -0.544. The number of hydrogen-bond acceptors (Lipinski definition) is 4. The van der Waals surface area contributed by atoms with E-state index in [0.29, 0.717) is 6.42 Å². The number of amides is 1. The first-order valence-electron chi connectivity index (χ1n) is 5.48. The number of hydrogen-bond donors (Lipinski definition) is 3. The Kier molecular flexibility index (Phi) is 4.51. The summed E-state index contributed by atoms with van der Waals surface area (Å²) in [5.41, 5.74) is 0.304. The van der Waals surface area contributed by atoms with Crippen LogP contribution < -0.4 is 5.32 Å². The quantitative estimate of drug-likeness (QED) is 0.729. The van der Waals surface area contributed by atoms with E-state index in [-0.39, 0.29) is 12.6 Å². The molecule has 1 atom stereocenters. The third-order valence-electron chi connectivity index (χ3n) is 1.96. The van der Waals surface area contributed by atoms with E-state index in [2.05, 4.69) is 15.3 Å². The number of alkyl carbamates (subject to hydrolysis) is 1. The molecule has 1 heterocycles. The summed E-state index contributed by atoms with van der Waals surface area (Å²) in [5.74, 6) is 0. The molecule has 1 amide bonds. The number of rotatable bonds is 4. The molecular weight excluding hydrogens is 222 g/mol. The Morgan fingerprint density at radius 3 is 2.82 bits per heavy atom. The Morgan fingerprint density at radius 2 is 2.35 bits per heavy atom. The number of H-pyrrole nitrogens is 1. The molecule has 0 aliphatic heterocycles. The molecular formula is C11H19N3O3. The van der Waals surface area contributed by atoms with E-state index >= 15 is 0 Å². The van der Waals surface area contributed by atoms with Crippen LogP contribution in [0.15, 0.2) is 12.5 Å². The van der Waals surface area contributed by atoms with Crippen LogP contribution in [0.25, 0.3) is 0 Å². The fraction of sp³-hybridized carbons (Fsp3) is 0.636. The van der Waals surface area contributed by atoms with Gasteiger partial charge in [-0.1, -0.05) is 0 Å². The predicted molar refractivity (Wildman–Crippen MR) is 62.5 cm³/mol. The highest BCUT2D eigenvalue weighted by molar-refractivity contribution is 5.68. The van der Waals surface area contributed by atoms with Crippen molar-refractivity contribution in [3.63, 3.8) is 0 Å². The van der Waals surface area contributed by atoms with Crippen molar-refractivity contribution in [1.29, 1.82) is 0 Å². The summed E-state index contributed by atoms with van der Waals surface area (Å²) in [6.45, 7) is 5.21. The molecule has 0 unspecified atom stereocenters. The molecule has 0 bridgehead atoms. The maximum atomic E-state index is 11.5. The van der Waals surface area contributed by atoms with Crippen molar-refractivity contribution < 1.29 is 14.6 Å². The smallest absolute Gasteiger partial charge is 0.407 e. The second-order valence-corrected chi connectivity index (χ2v) is 4.81. The highest BCUT2D eigenvalue weighted by Crippen LogP contribution is 2.07. The first-order chi connectivity index (χ1) is 7.90. The number of aromatic nitrogens is 2. The van der Waals surface area contributed by atoms with Crippen molar-refractivity contribution in [1.82, 2.24) is 15.3 Å². The Morgan fingerprint density at radius 1 is 1.65 bits per heavy atom. The van der Waals surface area contributed by atoms with Crippen molar-refractivity contribution in [3.05, 3.63) is 18.2 Å². The van der Waals surface area contributed by atoms with Gasteiger partial charge in [-0.3, -0.25) is 0 Å². The molecule has 0 spiro atoms. The van der Waals surface area contributed by atoms with Crippen LogP contribution in [0.5, 0.6) is 0 Å². The van der Waals surface area contributed by atoms with Gasteiger partial charge < -0.3 is 20.1 Å². The van der Waals surface area contributed by atoms with Gasteiger partial charge >= 0.3 is 6.09 Å². The number of aromatic amines is 1. The lowest BCUT2D eigenvalue weighted by molar-refractivity contribution is 0.0482. The van der Waals surface area contributed by atoms with Crippen LogP contribution in [-0.4, -0.2) is 39.4 Å². The fourth-order valence-corrected chi connectivity index (χ4v) is 1.30. The summed E-state index contributed by atoms with van der Waals surface area (Å²) < 4.78 is 5.10. The maximum Gasteiger partial charge on any atom is 0.407 e. The van der Waals surface area contributed by atoms with E-state index in [1.54, 1.807) is 33.3 Å². The van der Waals surface area contributed by atoms with Crippen LogP contribution in [0, 0.1) is 0 Å². The monoisotopic (exact) mass is 241 g/mol. The van der Waals surface area contributed by atoms with Crippen molar-refractivity contribution in [3.8, 4) is 0 Å². The van der Waals surface area contributed by atoms with Gasteiger partial charge in [-0.2, -0.15) is 0 Å². The second kappa shape index (κ2) is 5.67. The predicted octanol–water partition coefficient (Wildman–Crippen LogP) is 0.838. The molecule has 0 saturated carbocycles. The van der Waals surface area contributed by atoms with E-state index in [1.807, 2.05) is 0 Å². The van der Waals surface area contributed by atoms with Crippen LogP contribution in [0.3, 0.4) is 0 Å².